The molecule has 0 aliphatic carbocycles. The normalized spacial score (nSPS) is 15.0. The first kappa shape index (κ1) is 17.7. The van der Waals surface area contributed by atoms with Crippen LogP contribution >= 0.6 is 12.2 Å². The predicted octanol–water partition coefficient (Wildman–Crippen LogP) is 3.60. The Bertz CT molecular complexity index is 684. The molecule has 1 fully saturated rings. The summed E-state index contributed by atoms with van der Waals surface area (Å²) in [5.41, 5.74) is 2.29. The Hall–Kier alpha value is -2.11. The first-order chi connectivity index (χ1) is 12.3. The van der Waals surface area contributed by atoms with Gasteiger partial charge in [-0.25, -0.2) is 0 Å². The summed E-state index contributed by atoms with van der Waals surface area (Å²) in [5, 5.41) is 4.11. The van der Waals surface area contributed by atoms with Gasteiger partial charge in [0.1, 0.15) is 5.75 Å². The van der Waals surface area contributed by atoms with E-state index in [1.165, 1.54) is 5.56 Å². The summed E-state index contributed by atoms with van der Waals surface area (Å²) in [6.45, 7) is 7.55. The average Bonchev–Trinajstić information content (AvgIpc) is 2.65. The number of para-hydroxylation sites is 2. The molecular weight excluding hydrogens is 330 g/mol. The van der Waals surface area contributed by atoms with Gasteiger partial charge in [0.15, 0.2) is 5.11 Å². The number of hydrogen-bond donors (Lipinski definition) is 1. The van der Waals surface area contributed by atoms with Crippen LogP contribution in [0.4, 0.5) is 5.69 Å². The van der Waals surface area contributed by atoms with E-state index >= 15 is 0 Å². The van der Waals surface area contributed by atoms with Crippen molar-refractivity contribution >= 4 is 23.0 Å². The third-order valence-electron chi connectivity index (χ3n) is 4.34. The number of rotatable bonds is 5. The number of nitrogens with zero attached hydrogens (tertiary/aromatic N) is 2. The van der Waals surface area contributed by atoms with E-state index in [1.54, 1.807) is 0 Å². The van der Waals surface area contributed by atoms with Crippen LogP contribution < -0.4 is 10.1 Å². The molecule has 4 nitrogen and oxygen atoms in total. The maximum Gasteiger partial charge on any atom is 0.173 e. The lowest BCUT2D eigenvalue weighted by molar-refractivity contribution is 0.177. The van der Waals surface area contributed by atoms with Crippen molar-refractivity contribution in [2.75, 3.05) is 38.1 Å². The molecule has 0 unspecified atom stereocenters. The third kappa shape index (κ3) is 4.94. The largest absolute Gasteiger partial charge is 0.492 e. The Labute approximate surface area is 155 Å². The molecule has 1 saturated heterocycles. The van der Waals surface area contributed by atoms with Gasteiger partial charge in [-0.1, -0.05) is 42.5 Å². The molecule has 2 aromatic carbocycles. The first-order valence-electron chi connectivity index (χ1n) is 8.80. The van der Waals surface area contributed by atoms with Crippen molar-refractivity contribution in [1.82, 2.24) is 9.80 Å². The van der Waals surface area contributed by atoms with Gasteiger partial charge in [-0.15, -0.1) is 0 Å². The fraction of sp³-hybridized carbons (Fsp3) is 0.350. The molecule has 0 atom stereocenters. The van der Waals surface area contributed by atoms with Crippen molar-refractivity contribution < 1.29 is 4.74 Å². The average molecular weight is 356 g/mol. The molecule has 0 amide bonds. The van der Waals surface area contributed by atoms with Gasteiger partial charge in [-0.3, -0.25) is 4.90 Å². The SMILES string of the molecule is CCOc1ccccc1NC(=S)N1CCN(Cc2ccccc2)CC1. The Morgan fingerprint density at radius 3 is 2.40 bits per heavy atom. The molecule has 1 N–H and O–H groups in total. The van der Waals surface area contributed by atoms with Crippen LogP contribution in [0.2, 0.25) is 0 Å². The van der Waals surface area contributed by atoms with Gasteiger partial charge in [0.2, 0.25) is 0 Å². The highest BCUT2D eigenvalue weighted by Gasteiger charge is 2.19. The molecule has 3 rings (SSSR count). The maximum absolute atomic E-state index is 5.66. The first-order valence-corrected chi connectivity index (χ1v) is 9.21. The Kier molecular flexibility index (Phi) is 6.25. The summed E-state index contributed by atoms with van der Waals surface area (Å²) < 4.78 is 5.66. The van der Waals surface area contributed by atoms with Crippen LogP contribution in [0.15, 0.2) is 54.6 Å². The van der Waals surface area contributed by atoms with Crippen LogP contribution in [0, 0.1) is 0 Å². The van der Waals surface area contributed by atoms with E-state index in [0.717, 1.165) is 49.3 Å². The molecule has 5 heteroatoms. The standard InChI is InChI=1S/C20H25N3OS/c1-2-24-19-11-7-6-10-18(19)21-20(25)23-14-12-22(13-15-23)16-17-8-4-3-5-9-17/h3-11H,2,12-16H2,1H3,(H,21,25). The molecule has 0 aromatic heterocycles. The quantitative estimate of drug-likeness (QED) is 0.828. The molecular formula is C20H25N3OS. The lowest BCUT2D eigenvalue weighted by atomic mass is 10.2. The summed E-state index contributed by atoms with van der Waals surface area (Å²) in [6, 6.07) is 18.6. The molecule has 25 heavy (non-hydrogen) atoms. The van der Waals surface area contributed by atoms with Crippen molar-refractivity contribution in [3.05, 3.63) is 60.2 Å². The van der Waals surface area contributed by atoms with Crippen LogP contribution in [-0.2, 0) is 6.54 Å². The fourth-order valence-corrected chi connectivity index (χ4v) is 3.29. The lowest BCUT2D eigenvalue weighted by Gasteiger charge is -2.36. The second-order valence-electron chi connectivity index (χ2n) is 6.11. The van der Waals surface area contributed by atoms with E-state index in [0.29, 0.717) is 6.61 Å². The molecule has 1 aliphatic heterocycles. The third-order valence-corrected chi connectivity index (χ3v) is 4.70. The van der Waals surface area contributed by atoms with Gasteiger partial charge in [-0.2, -0.15) is 0 Å². The van der Waals surface area contributed by atoms with Gasteiger partial charge in [0.05, 0.1) is 12.3 Å². The highest BCUT2D eigenvalue weighted by Crippen LogP contribution is 2.24. The zero-order valence-corrected chi connectivity index (χ0v) is 15.5. The summed E-state index contributed by atoms with van der Waals surface area (Å²) in [7, 11) is 0. The molecule has 1 aliphatic rings. The van der Waals surface area contributed by atoms with Crippen LogP contribution in [0.3, 0.4) is 0 Å². The van der Waals surface area contributed by atoms with Crippen LogP contribution in [-0.4, -0.2) is 47.7 Å². The summed E-state index contributed by atoms with van der Waals surface area (Å²) in [4.78, 5) is 4.71. The van der Waals surface area contributed by atoms with E-state index in [1.807, 2.05) is 31.2 Å². The van der Waals surface area contributed by atoms with Crippen molar-refractivity contribution in [3.63, 3.8) is 0 Å². The number of hydrogen-bond acceptors (Lipinski definition) is 3. The van der Waals surface area contributed by atoms with Crippen LogP contribution in [0.1, 0.15) is 12.5 Å². The van der Waals surface area contributed by atoms with Crippen molar-refractivity contribution in [3.8, 4) is 5.75 Å². The van der Waals surface area contributed by atoms with Gasteiger partial charge in [0, 0.05) is 32.7 Å². The highest BCUT2D eigenvalue weighted by atomic mass is 32.1. The van der Waals surface area contributed by atoms with Gasteiger partial charge >= 0.3 is 0 Å². The Balaban J connectivity index is 1.52. The van der Waals surface area contributed by atoms with E-state index < -0.39 is 0 Å². The number of nitrogens with one attached hydrogen (secondary N) is 1. The second kappa shape index (κ2) is 8.83. The van der Waals surface area contributed by atoms with Crippen LogP contribution in [0.5, 0.6) is 5.75 Å². The van der Waals surface area contributed by atoms with Crippen molar-refractivity contribution in [2.45, 2.75) is 13.5 Å². The monoisotopic (exact) mass is 355 g/mol. The van der Waals surface area contributed by atoms with Gasteiger partial charge in [-0.05, 0) is 36.8 Å². The van der Waals surface area contributed by atoms with Crippen molar-refractivity contribution in [1.29, 1.82) is 0 Å². The molecule has 1 heterocycles. The summed E-state index contributed by atoms with van der Waals surface area (Å²) >= 11 is 5.61. The number of anilines is 1. The second-order valence-corrected chi connectivity index (χ2v) is 6.49. The van der Waals surface area contributed by atoms with E-state index in [4.69, 9.17) is 17.0 Å². The minimum absolute atomic E-state index is 0.642. The maximum atomic E-state index is 5.66. The molecule has 0 saturated carbocycles. The minimum Gasteiger partial charge on any atom is -0.492 e. The molecule has 132 valence electrons. The molecule has 0 bridgehead atoms. The number of ether oxygens (including phenoxy) is 1. The molecule has 2 aromatic rings. The summed E-state index contributed by atoms with van der Waals surface area (Å²) in [6.07, 6.45) is 0. The topological polar surface area (TPSA) is 27.7 Å². The minimum atomic E-state index is 0.642. The van der Waals surface area contributed by atoms with Crippen molar-refractivity contribution in [2.24, 2.45) is 0 Å². The predicted molar refractivity (Wildman–Crippen MR) is 107 cm³/mol. The van der Waals surface area contributed by atoms with E-state index in [2.05, 4.69) is 45.4 Å². The zero-order valence-electron chi connectivity index (χ0n) is 14.6. The van der Waals surface area contributed by atoms with E-state index in [9.17, 15) is 0 Å². The Morgan fingerprint density at radius 2 is 1.68 bits per heavy atom. The fourth-order valence-electron chi connectivity index (χ4n) is 3.00. The number of thiocarbonyl (C=S) groups is 1. The zero-order chi connectivity index (χ0) is 17.5. The van der Waals surface area contributed by atoms with Gasteiger partial charge < -0.3 is 15.0 Å². The van der Waals surface area contributed by atoms with Crippen LogP contribution in [0.25, 0.3) is 0 Å². The molecule has 0 radical (unpaired) electrons. The van der Waals surface area contributed by atoms with E-state index in [-0.39, 0.29) is 0 Å². The van der Waals surface area contributed by atoms with Gasteiger partial charge in [0.25, 0.3) is 0 Å². The summed E-state index contributed by atoms with van der Waals surface area (Å²) in [5.74, 6) is 0.843. The smallest absolute Gasteiger partial charge is 0.173 e. The number of benzene rings is 2. The Morgan fingerprint density at radius 1 is 1.00 bits per heavy atom. The molecule has 0 spiro atoms. The number of piperazine rings is 1. The lowest BCUT2D eigenvalue weighted by Crippen LogP contribution is -2.49. The highest BCUT2D eigenvalue weighted by molar-refractivity contribution is 7.80.